The Kier molecular flexibility index (Phi) is 7.61. The van der Waals surface area contributed by atoms with E-state index < -0.39 is 0 Å². The summed E-state index contributed by atoms with van der Waals surface area (Å²) in [5, 5.41) is 16.0. The number of esters is 1. The first-order valence-corrected chi connectivity index (χ1v) is 7.73. The maximum Gasteiger partial charge on any atom is 0.309 e. The molecule has 0 radical (unpaired) electrons. The van der Waals surface area contributed by atoms with Crippen molar-refractivity contribution in [3.63, 3.8) is 0 Å². The average Bonchev–Trinajstić information content (AvgIpc) is 2.55. The number of benzene rings is 1. The molecule has 22 heavy (non-hydrogen) atoms. The summed E-state index contributed by atoms with van der Waals surface area (Å²) in [5.74, 6) is -0.0426. The van der Waals surface area contributed by atoms with E-state index in [0.29, 0.717) is 5.56 Å². The predicted molar refractivity (Wildman–Crippen MR) is 84.3 cm³/mol. The average molecular weight is 368 g/mol. The van der Waals surface area contributed by atoms with Crippen molar-refractivity contribution in [1.29, 1.82) is 5.26 Å². The minimum Gasteiger partial charge on any atom is -0.483 e. The van der Waals surface area contributed by atoms with Crippen LogP contribution in [0.3, 0.4) is 0 Å². The summed E-state index contributed by atoms with van der Waals surface area (Å²) in [6.07, 6.45) is 4.04. The van der Waals surface area contributed by atoms with Crippen molar-refractivity contribution < 1.29 is 19.4 Å². The van der Waals surface area contributed by atoms with Gasteiger partial charge in [-0.15, -0.1) is 0 Å². The lowest BCUT2D eigenvalue weighted by atomic mass is 9.75. The molecule has 1 fully saturated rings. The Morgan fingerprint density at radius 2 is 2.09 bits per heavy atom. The molecule has 6 heteroatoms. The van der Waals surface area contributed by atoms with Gasteiger partial charge < -0.3 is 9.84 Å². The van der Waals surface area contributed by atoms with E-state index in [1.54, 1.807) is 0 Å². The number of hydrogen-bond donors (Lipinski definition) is 1. The molecule has 0 aromatic heterocycles. The molecular weight excluding hydrogens is 350 g/mol. The normalized spacial score (nSPS) is 20.0. The third-order valence-corrected chi connectivity index (χ3v) is 4.50. The third-order valence-electron chi connectivity index (χ3n) is 3.81. The van der Waals surface area contributed by atoms with E-state index in [0.717, 1.165) is 35.7 Å². The molecule has 1 aromatic rings. The first-order valence-electron chi connectivity index (χ1n) is 6.94. The van der Waals surface area contributed by atoms with Crippen LogP contribution in [-0.4, -0.2) is 24.7 Å². The minimum absolute atomic E-state index is 0.0773. The van der Waals surface area contributed by atoms with Crippen LogP contribution in [0.1, 0.15) is 42.7 Å². The van der Waals surface area contributed by atoms with Crippen molar-refractivity contribution in [1.82, 2.24) is 0 Å². The van der Waals surface area contributed by atoms with Crippen molar-refractivity contribution >= 4 is 28.4 Å². The molecule has 2 unspecified atom stereocenters. The van der Waals surface area contributed by atoms with E-state index in [4.69, 9.17) is 19.9 Å². The van der Waals surface area contributed by atoms with Crippen molar-refractivity contribution in [3.05, 3.63) is 33.8 Å². The fourth-order valence-corrected chi connectivity index (χ4v) is 3.16. The molecule has 1 N–H and O–H groups in total. The van der Waals surface area contributed by atoms with Crippen LogP contribution in [0.4, 0.5) is 0 Å². The summed E-state index contributed by atoms with van der Waals surface area (Å²) in [6, 6.07) is 7.94. The zero-order valence-corrected chi connectivity index (χ0v) is 13.9. The number of halogens is 1. The van der Waals surface area contributed by atoms with Crippen LogP contribution in [0.2, 0.25) is 0 Å². The molecule has 1 aliphatic rings. The molecule has 1 aliphatic carbocycles. The van der Waals surface area contributed by atoms with E-state index in [-0.39, 0.29) is 24.3 Å². The van der Waals surface area contributed by atoms with Crippen molar-refractivity contribution in [2.24, 2.45) is 5.92 Å². The van der Waals surface area contributed by atoms with E-state index in [1.807, 2.05) is 18.2 Å². The van der Waals surface area contributed by atoms with Gasteiger partial charge in [0.25, 0.3) is 6.47 Å². The monoisotopic (exact) mass is 367 g/mol. The van der Waals surface area contributed by atoms with Gasteiger partial charge in [-0.05, 0) is 52.4 Å². The van der Waals surface area contributed by atoms with Gasteiger partial charge in [-0.25, -0.2) is 0 Å². The minimum atomic E-state index is -0.250. The molecule has 0 saturated heterocycles. The van der Waals surface area contributed by atoms with Crippen LogP contribution in [0, 0.1) is 17.2 Å². The highest BCUT2D eigenvalue weighted by atomic mass is 79.9. The van der Waals surface area contributed by atoms with Gasteiger partial charge in [0.2, 0.25) is 0 Å². The van der Waals surface area contributed by atoms with E-state index in [9.17, 15) is 4.79 Å². The first-order chi connectivity index (χ1) is 10.6. The Morgan fingerprint density at radius 1 is 1.45 bits per heavy atom. The number of hydrogen-bond acceptors (Lipinski definition) is 4. The number of nitrogens with zero attached hydrogens (tertiary/aromatic N) is 1. The molecule has 0 aliphatic heterocycles. The summed E-state index contributed by atoms with van der Waals surface area (Å²) in [6.45, 7) is -0.250. The molecular formula is C16H18BrNO4. The number of carbonyl (C=O) groups excluding carboxylic acids is 1. The highest BCUT2D eigenvalue weighted by Crippen LogP contribution is 2.39. The van der Waals surface area contributed by atoms with Crippen LogP contribution in [-0.2, 0) is 14.3 Å². The molecule has 1 saturated carbocycles. The van der Waals surface area contributed by atoms with Gasteiger partial charge in [0.05, 0.1) is 18.6 Å². The van der Waals surface area contributed by atoms with Crippen LogP contribution in [0.5, 0.6) is 0 Å². The number of methoxy groups -OCH3 is 1. The van der Waals surface area contributed by atoms with Crippen LogP contribution >= 0.6 is 15.9 Å². The first kappa shape index (κ1) is 18.2. The number of rotatable bonds is 2. The summed E-state index contributed by atoms with van der Waals surface area (Å²) >= 11 is 3.36. The summed E-state index contributed by atoms with van der Waals surface area (Å²) < 4.78 is 5.70. The molecule has 118 valence electrons. The Bertz CT molecular complexity index is 568. The van der Waals surface area contributed by atoms with E-state index in [1.165, 1.54) is 7.11 Å². The second kappa shape index (κ2) is 9.21. The second-order valence-corrected chi connectivity index (χ2v) is 5.83. The topological polar surface area (TPSA) is 87.4 Å². The van der Waals surface area contributed by atoms with Gasteiger partial charge in [0.15, 0.2) is 0 Å². The maximum atomic E-state index is 11.9. The maximum absolute atomic E-state index is 11.9. The largest absolute Gasteiger partial charge is 0.483 e. The lowest BCUT2D eigenvalue weighted by Crippen LogP contribution is -2.26. The molecule has 5 nitrogen and oxygen atoms in total. The Morgan fingerprint density at radius 3 is 2.68 bits per heavy atom. The summed E-state index contributed by atoms with van der Waals surface area (Å²) in [4.78, 5) is 20.2. The fraction of sp³-hybridized carbons (Fsp3) is 0.438. The highest BCUT2D eigenvalue weighted by Gasteiger charge is 2.32. The van der Waals surface area contributed by atoms with Crippen LogP contribution < -0.4 is 0 Å². The van der Waals surface area contributed by atoms with Gasteiger partial charge in [-0.2, -0.15) is 5.26 Å². The van der Waals surface area contributed by atoms with Crippen molar-refractivity contribution in [2.75, 3.05) is 7.11 Å². The van der Waals surface area contributed by atoms with Crippen molar-refractivity contribution in [3.8, 4) is 6.07 Å². The quantitative estimate of drug-likeness (QED) is 0.638. The smallest absolute Gasteiger partial charge is 0.309 e. The van der Waals surface area contributed by atoms with Gasteiger partial charge in [0, 0.05) is 4.47 Å². The number of nitriles is 1. The summed E-state index contributed by atoms with van der Waals surface area (Å²) in [7, 11) is 1.44. The van der Waals surface area contributed by atoms with Gasteiger partial charge in [-0.1, -0.05) is 18.9 Å². The second-order valence-electron chi connectivity index (χ2n) is 4.98. The highest BCUT2D eigenvalue weighted by molar-refractivity contribution is 9.10. The number of carboxylic acid groups (broad SMARTS) is 1. The molecule has 0 heterocycles. The summed E-state index contributed by atoms with van der Waals surface area (Å²) in [5.41, 5.74) is 1.68. The van der Waals surface area contributed by atoms with Crippen LogP contribution in [0.25, 0.3) is 0 Å². The van der Waals surface area contributed by atoms with Gasteiger partial charge in [0.1, 0.15) is 6.07 Å². The van der Waals surface area contributed by atoms with E-state index in [2.05, 4.69) is 22.0 Å². The van der Waals surface area contributed by atoms with Crippen molar-refractivity contribution in [2.45, 2.75) is 31.6 Å². The Hall–Kier alpha value is -1.87. The zero-order valence-electron chi connectivity index (χ0n) is 12.3. The lowest BCUT2D eigenvalue weighted by Gasteiger charge is -2.30. The molecule has 0 bridgehead atoms. The Labute approximate surface area is 138 Å². The third kappa shape index (κ3) is 4.57. The molecule has 1 aromatic carbocycles. The number of carbonyl (C=O) groups is 2. The number of ether oxygens (including phenoxy) is 1. The SMILES string of the molecule is COC(=O)C1CCCCC1c1ccc(Br)c(C#N)c1.O=CO. The predicted octanol–water partition coefficient (Wildman–Crippen LogP) is 3.47. The Balaban J connectivity index is 0.000000745. The molecule has 0 spiro atoms. The van der Waals surface area contributed by atoms with E-state index >= 15 is 0 Å². The van der Waals surface area contributed by atoms with Crippen LogP contribution in [0.15, 0.2) is 22.7 Å². The molecule has 2 rings (SSSR count). The van der Waals surface area contributed by atoms with Gasteiger partial charge in [-0.3, -0.25) is 9.59 Å². The zero-order chi connectivity index (χ0) is 16.5. The standard InChI is InChI=1S/C15H16BrNO2.CH2O2/c1-19-15(18)13-5-3-2-4-12(13)10-6-7-14(16)11(8-10)9-17;2-1-3/h6-8,12-13H,2-5H2,1H3;1H,(H,2,3). The van der Waals surface area contributed by atoms with Gasteiger partial charge >= 0.3 is 5.97 Å². The molecule has 0 amide bonds. The lowest BCUT2D eigenvalue weighted by molar-refractivity contribution is -0.147. The molecule has 2 atom stereocenters. The fourth-order valence-electron chi connectivity index (χ4n) is 2.82.